The lowest BCUT2D eigenvalue weighted by Crippen LogP contribution is -1.97. The minimum absolute atomic E-state index is 0.406. The van der Waals surface area contributed by atoms with Crippen LogP contribution in [0.4, 0.5) is 0 Å². The maximum atomic E-state index is 6.06. The molecule has 0 spiro atoms. The van der Waals surface area contributed by atoms with Crippen molar-refractivity contribution >= 4 is 23.2 Å². The number of nitrogens with zero attached hydrogens (tertiary/aromatic N) is 3. The van der Waals surface area contributed by atoms with Crippen LogP contribution in [0.2, 0.25) is 10.3 Å². The molecule has 0 aliphatic heterocycles. The highest BCUT2D eigenvalue weighted by Gasteiger charge is 2.11. The quantitative estimate of drug-likeness (QED) is 0.779. The molecule has 0 N–H and O–H groups in total. The van der Waals surface area contributed by atoms with Gasteiger partial charge in [0.25, 0.3) is 0 Å². The molecule has 2 aromatic heterocycles. The smallest absolute Gasteiger partial charge is 0.164 e. The zero-order chi connectivity index (χ0) is 12.4. The van der Waals surface area contributed by atoms with E-state index in [4.69, 9.17) is 23.2 Å². The normalized spacial score (nSPS) is 10.6. The molecule has 2 aromatic rings. The molecule has 17 heavy (non-hydrogen) atoms. The number of aromatic nitrogens is 3. The largest absolute Gasteiger partial charge is 0.261 e. The average molecular weight is 268 g/mol. The van der Waals surface area contributed by atoms with Crippen molar-refractivity contribution in [3.05, 3.63) is 39.9 Å². The van der Waals surface area contributed by atoms with E-state index in [2.05, 4.69) is 15.0 Å². The second-order valence-corrected chi connectivity index (χ2v) is 4.37. The molecule has 0 saturated heterocycles. The van der Waals surface area contributed by atoms with Gasteiger partial charge in [0, 0.05) is 23.0 Å². The van der Waals surface area contributed by atoms with Crippen LogP contribution >= 0.6 is 23.2 Å². The number of halogens is 2. The molecule has 0 aliphatic carbocycles. The molecule has 0 aromatic carbocycles. The van der Waals surface area contributed by atoms with Crippen LogP contribution in [-0.2, 0) is 6.42 Å². The minimum atomic E-state index is 0.406. The summed E-state index contributed by atoms with van der Waals surface area (Å²) in [5, 5.41) is 0.811. The highest BCUT2D eigenvalue weighted by molar-refractivity contribution is 6.34. The molecule has 0 radical (unpaired) electrons. The number of pyridine rings is 1. The van der Waals surface area contributed by atoms with Gasteiger partial charge in [-0.2, -0.15) is 0 Å². The summed E-state index contributed by atoms with van der Waals surface area (Å²) in [6.45, 7) is 3.88. The van der Waals surface area contributed by atoms with Gasteiger partial charge < -0.3 is 0 Å². The molecule has 0 saturated carbocycles. The molecule has 0 unspecified atom stereocenters. The van der Waals surface area contributed by atoms with Crippen LogP contribution in [0.5, 0.6) is 0 Å². The summed E-state index contributed by atoms with van der Waals surface area (Å²) >= 11 is 12.1. The molecule has 2 heterocycles. The first-order valence-corrected chi connectivity index (χ1v) is 6.02. The SMILES string of the molecule is CCc1c(Cl)nc(-c2ccc(C)nc2)nc1Cl. The van der Waals surface area contributed by atoms with E-state index in [1.165, 1.54) is 0 Å². The van der Waals surface area contributed by atoms with Crippen LogP contribution in [0.25, 0.3) is 11.4 Å². The number of hydrogen-bond acceptors (Lipinski definition) is 3. The summed E-state index contributed by atoms with van der Waals surface area (Å²) in [7, 11) is 0. The zero-order valence-electron chi connectivity index (χ0n) is 9.54. The van der Waals surface area contributed by atoms with Crippen LogP contribution in [0, 0.1) is 6.92 Å². The van der Waals surface area contributed by atoms with Gasteiger partial charge in [0.05, 0.1) is 0 Å². The molecule has 2 rings (SSSR count). The molecular weight excluding hydrogens is 257 g/mol. The van der Waals surface area contributed by atoms with E-state index < -0.39 is 0 Å². The predicted octanol–water partition coefficient (Wildman–Crippen LogP) is 3.72. The van der Waals surface area contributed by atoms with Gasteiger partial charge in [0.1, 0.15) is 10.3 Å². The van der Waals surface area contributed by atoms with Crippen LogP contribution in [0.3, 0.4) is 0 Å². The Hall–Kier alpha value is -1.19. The Labute approximate surface area is 110 Å². The summed E-state index contributed by atoms with van der Waals surface area (Å²) in [6.07, 6.45) is 2.42. The lowest BCUT2D eigenvalue weighted by molar-refractivity contribution is 1.05. The van der Waals surface area contributed by atoms with Crippen molar-refractivity contribution in [1.82, 2.24) is 15.0 Å². The third-order valence-corrected chi connectivity index (χ3v) is 3.05. The van der Waals surface area contributed by atoms with E-state index in [-0.39, 0.29) is 0 Å². The Morgan fingerprint density at radius 3 is 2.24 bits per heavy atom. The van der Waals surface area contributed by atoms with E-state index >= 15 is 0 Å². The lowest BCUT2D eigenvalue weighted by atomic mass is 10.2. The molecule has 0 bridgehead atoms. The third kappa shape index (κ3) is 2.56. The zero-order valence-corrected chi connectivity index (χ0v) is 11.0. The minimum Gasteiger partial charge on any atom is -0.261 e. The summed E-state index contributed by atoms with van der Waals surface area (Å²) in [5.41, 5.74) is 2.52. The Bertz CT molecular complexity index is 515. The van der Waals surface area contributed by atoms with Crippen LogP contribution < -0.4 is 0 Å². The second-order valence-electron chi connectivity index (χ2n) is 3.65. The summed E-state index contributed by atoms with van der Waals surface area (Å²) in [4.78, 5) is 12.7. The van der Waals surface area contributed by atoms with Crippen molar-refractivity contribution < 1.29 is 0 Å². The first kappa shape index (κ1) is 12.3. The molecular formula is C12H11Cl2N3. The summed E-state index contributed by atoms with van der Waals surface area (Å²) in [5.74, 6) is 0.504. The average Bonchev–Trinajstić information content (AvgIpc) is 2.29. The van der Waals surface area contributed by atoms with Crippen molar-refractivity contribution in [2.75, 3.05) is 0 Å². The standard InChI is InChI=1S/C12H11Cl2N3/c1-3-9-10(13)16-12(17-11(9)14)8-5-4-7(2)15-6-8/h4-6H,3H2,1-2H3. The summed E-state index contributed by atoms with van der Waals surface area (Å²) in [6, 6.07) is 3.80. The van der Waals surface area contributed by atoms with Crippen LogP contribution in [0.15, 0.2) is 18.3 Å². The van der Waals surface area contributed by atoms with Crippen molar-refractivity contribution in [2.24, 2.45) is 0 Å². The van der Waals surface area contributed by atoms with Crippen molar-refractivity contribution in [1.29, 1.82) is 0 Å². The first-order valence-electron chi connectivity index (χ1n) is 5.26. The predicted molar refractivity (Wildman–Crippen MR) is 69.4 cm³/mol. The molecule has 0 aliphatic rings. The van der Waals surface area contributed by atoms with Crippen LogP contribution in [0.1, 0.15) is 18.2 Å². The topological polar surface area (TPSA) is 38.7 Å². The van der Waals surface area contributed by atoms with E-state index in [1.54, 1.807) is 6.20 Å². The van der Waals surface area contributed by atoms with Crippen molar-refractivity contribution in [3.8, 4) is 11.4 Å². The molecule has 0 atom stereocenters. The molecule has 5 heteroatoms. The first-order chi connectivity index (χ1) is 8.11. The van der Waals surface area contributed by atoms with Gasteiger partial charge in [0.2, 0.25) is 0 Å². The van der Waals surface area contributed by atoms with Gasteiger partial charge in [-0.3, -0.25) is 4.98 Å². The fraction of sp³-hybridized carbons (Fsp3) is 0.250. The van der Waals surface area contributed by atoms with Gasteiger partial charge in [-0.1, -0.05) is 30.1 Å². The number of rotatable bonds is 2. The maximum Gasteiger partial charge on any atom is 0.164 e. The molecule has 88 valence electrons. The van der Waals surface area contributed by atoms with Gasteiger partial charge in [-0.05, 0) is 25.5 Å². The molecule has 0 fully saturated rings. The molecule has 3 nitrogen and oxygen atoms in total. The Kier molecular flexibility index (Phi) is 3.60. The Morgan fingerprint density at radius 2 is 1.76 bits per heavy atom. The van der Waals surface area contributed by atoms with E-state index in [0.717, 1.165) is 16.8 Å². The maximum absolute atomic E-state index is 6.06. The third-order valence-electron chi connectivity index (χ3n) is 2.43. The van der Waals surface area contributed by atoms with E-state index in [9.17, 15) is 0 Å². The highest BCUT2D eigenvalue weighted by atomic mass is 35.5. The van der Waals surface area contributed by atoms with Gasteiger partial charge >= 0.3 is 0 Å². The Morgan fingerprint density at radius 1 is 1.12 bits per heavy atom. The van der Waals surface area contributed by atoms with E-state index in [1.807, 2.05) is 26.0 Å². The number of hydrogen-bond donors (Lipinski definition) is 0. The fourth-order valence-corrected chi connectivity index (χ4v) is 2.11. The highest BCUT2D eigenvalue weighted by Crippen LogP contribution is 2.25. The lowest BCUT2D eigenvalue weighted by Gasteiger charge is -2.06. The summed E-state index contributed by atoms with van der Waals surface area (Å²) < 4.78 is 0. The molecule has 0 amide bonds. The van der Waals surface area contributed by atoms with Crippen molar-refractivity contribution in [3.63, 3.8) is 0 Å². The van der Waals surface area contributed by atoms with Gasteiger partial charge in [-0.25, -0.2) is 9.97 Å². The fourth-order valence-electron chi connectivity index (χ4n) is 1.45. The van der Waals surface area contributed by atoms with Gasteiger partial charge in [0.15, 0.2) is 5.82 Å². The van der Waals surface area contributed by atoms with Crippen LogP contribution in [-0.4, -0.2) is 15.0 Å². The Balaban J connectivity index is 2.50. The monoisotopic (exact) mass is 267 g/mol. The number of aryl methyl sites for hydroxylation is 1. The second kappa shape index (κ2) is 4.98. The van der Waals surface area contributed by atoms with Crippen molar-refractivity contribution in [2.45, 2.75) is 20.3 Å². The van der Waals surface area contributed by atoms with E-state index in [0.29, 0.717) is 22.6 Å². The van der Waals surface area contributed by atoms with Gasteiger partial charge in [-0.15, -0.1) is 0 Å².